The van der Waals surface area contributed by atoms with Crippen LogP contribution in [-0.2, 0) is 0 Å². The third-order valence-electron chi connectivity index (χ3n) is 3.27. The Bertz CT molecular complexity index is 608. The first-order chi connectivity index (χ1) is 9.52. The summed E-state index contributed by atoms with van der Waals surface area (Å²) in [5.41, 5.74) is 1.28. The highest BCUT2D eigenvalue weighted by atomic mass is 16.4. The first kappa shape index (κ1) is 14.5. The lowest BCUT2D eigenvalue weighted by Crippen LogP contribution is -2.23. The first-order valence-electron chi connectivity index (χ1n) is 6.39. The summed E-state index contributed by atoms with van der Waals surface area (Å²) in [4.78, 5) is 13.7. The summed E-state index contributed by atoms with van der Waals surface area (Å²) >= 11 is 0. The fourth-order valence-electron chi connectivity index (χ4n) is 2.12. The fourth-order valence-corrected chi connectivity index (χ4v) is 2.12. The molecule has 0 saturated carbocycles. The van der Waals surface area contributed by atoms with Gasteiger partial charge >= 0.3 is 5.97 Å². The number of aromatic carboxylic acids is 1. The van der Waals surface area contributed by atoms with Gasteiger partial charge in [0.25, 0.3) is 0 Å². The number of aromatic nitrogens is 1. The highest BCUT2D eigenvalue weighted by molar-refractivity contribution is 5.93. The van der Waals surface area contributed by atoms with Crippen molar-refractivity contribution >= 4 is 16.9 Å². The predicted octanol–water partition coefficient (Wildman–Crippen LogP) is 0.870. The number of aliphatic hydroxyl groups is 2. The first-order valence-corrected chi connectivity index (χ1v) is 6.39. The highest BCUT2D eigenvalue weighted by Crippen LogP contribution is 2.24. The molecule has 6 heteroatoms. The predicted molar refractivity (Wildman–Crippen MR) is 74.8 cm³/mol. The SMILES string of the molecule is CNCCC(O)C(O)c1ccc2cc(C(=O)O)[nH]c2c1. The minimum Gasteiger partial charge on any atom is -0.477 e. The van der Waals surface area contributed by atoms with Gasteiger partial charge in [-0.2, -0.15) is 0 Å². The molecule has 0 aliphatic heterocycles. The van der Waals surface area contributed by atoms with Gasteiger partial charge in [0.2, 0.25) is 0 Å². The zero-order valence-electron chi connectivity index (χ0n) is 11.1. The Labute approximate surface area is 116 Å². The summed E-state index contributed by atoms with van der Waals surface area (Å²) in [5.74, 6) is -1.03. The molecule has 0 aliphatic rings. The summed E-state index contributed by atoms with van der Waals surface area (Å²) in [6, 6.07) is 6.61. The largest absolute Gasteiger partial charge is 0.477 e. The minimum atomic E-state index is -1.03. The number of aromatic amines is 1. The third kappa shape index (κ3) is 2.98. The van der Waals surface area contributed by atoms with E-state index in [9.17, 15) is 15.0 Å². The Morgan fingerprint density at radius 3 is 2.75 bits per heavy atom. The van der Waals surface area contributed by atoms with Crippen LogP contribution >= 0.6 is 0 Å². The van der Waals surface area contributed by atoms with Crippen LogP contribution in [-0.4, -0.2) is 46.0 Å². The number of hydrogen-bond donors (Lipinski definition) is 5. The third-order valence-corrected chi connectivity index (χ3v) is 3.27. The van der Waals surface area contributed by atoms with Gasteiger partial charge in [0.05, 0.1) is 6.10 Å². The van der Waals surface area contributed by atoms with Gasteiger partial charge in [0.15, 0.2) is 0 Å². The number of H-pyrrole nitrogens is 1. The molecule has 5 N–H and O–H groups in total. The Hall–Kier alpha value is -1.89. The van der Waals surface area contributed by atoms with E-state index in [2.05, 4.69) is 10.3 Å². The van der Waals surface area contributed by atoms with Crippen LogP contribution in [0.2, 0.25) is 0 Å². The molecule has 6 nitrogen and oxygen atoms in total. The van der Waals surface area contributed by atoms with Crippen molar-refractivity contribution in [2.75, 3.05) is 13.6 Å². The average Bonchev–Trinajstić information content (AvgIpc) is 2.87. The lowest BCUT2D eigenvalue weighted by molar-refractivity contribution is 0.0141. The lowest BCUT2D eigenvalue weighted by Gasteiger charge is -2.18. The van der Waals surface area contributed by atoms with E-state index >= 15 is 0 Å². The molecular weight excluding hydrogens is 260 g/mol. The molecule has 2 atom stereocenters. The van der Waals surface area contributed by atoms with Crippen molar-refractivity contribution < 1.29 is 20.1 Å². The normalized spacial score (nSPS) is 14.3. The molecule has 0 bridgehead atoms. The number of rotatable bonds is 6. The number of aliphatic hydroxyl groups excluding tert-OH is 2. The number of carboxylic acid groups (broad SMARTS) is 1. The van der Waals surface area contributed by atoms with E-state index in [1.54, 1.807) is 25.2 Å². The summed E-state index contributed by atoms with van der Waals surface area (Å²) in [5, 5.41) is 32.5. The fraction of sp³-hybridized carbons (Fsp3) is 0.357. The molecule has 0 amide bonds. The van der Waals surface area contributed by atoms with Gasteiger partial charge in [0.1, 0.15) is 11.8 Å². The van der Waals surface area contributed by atoms with Crippen LogP contribution in [0.15, 0.2) is 24.3 Å². The van der Waals surface area contributed by atoms with Crippen LogP contribution in [0, 0.1) is 0 Å². The van der Waals surface area contributed by atoms with Gasteiger partial charge in [-0.3, -0.25) is 0 Å². The van der Waals surface area contributed by atoms with Gasteiger partial charge in [-0.05, 0) is 37.7 Å². The van der Waals surface area contributed by atoms with Crippen molar-refractivity contribution in [3.63, 3.8) is 0 Å². The average molecular weight is 278 g/mol. The molecule has 0 saturated heterocycles. The van der Waals surface area contributed by atoms with Gasteiger partial charge in [-0.15, -0.1) is 0 Å². The molecule has 0 fully saturated rings. The maximum Gasteiger partial charge on any atom is 0.352 e. The molecule has 2 rings (SSSR count). The maximum atomic E-state index is 10.9. The van der Waals surface area contributed by atoms with Crippen LogP contribution in [0.5, 0.6) is 0 Å². The number of hydrogen-bond acceptors (Lipinski definition) is 4. The highest BCUT2D eigenvalue weighted by Gasteiger charge is 2.18. The second kappa shape index (κ2) is 6.04. The van der Waals surface area contributed by atoms with E-state index in [1.807, 2.05) is 0 Å². The lowest BCUT2D eigenvalue weighted by atomic mass is 10.0. The van der Waals surface area contributed by atoms with E-state index in [0.29, 0.717) is 24.0 Å². The number of benzene rings is 1. The molecule has 2 aromatic rings. The number of fused-ring (bicyclic) bond motifs is 1. The zero-order valence-corrected chi connectivity index (χ0v) is 11.1. The molecule has 108 valence electrons. The van der Waals surface area contributed by atoms with Crippen LogP contribution in [0.1, 0.15) is 28.6 Å². The van der Waals surface area contributed by atoms with Gasteiger partial charge < -0.3 is 25.6 Å². The quantitative estimate of drug-likeness (QED) is 0.539. The van der Waals surface area contributed by atoms with Crippen LogP contribution < -0.4 is 5.32 Å². The van der Waals surface area contributed by atoms with Gasteiger partial charge in [0, 0.05) is 10.9 Å². The summed E-state index contributed by atoms with van der Waals surface area (Å²) in [7, 11) is 1.78. The maximum absolute atomic E-state index is 10.9. The van der Waals surface area contributed by atoms with E-state index in [0.717, 1.165) is 5.39 Å². The molecule has 2 unspecified atom stereocenters. The molecule has 0 radical (unpaired) electrons. The summed E-state index contributed by atoms with van der Waals surface area (Å²) in [6.45, 7) is 0.603. The van der Waals surface area contributed by atoms with Gasteiger partial charge in [-0.1, -0.05) is 12.1 Å². The molecule has 1 aromatic carbocycles. The molecule has 0 aliphatic carbocycles. The van der Waals surface area contributed by atoms with E-state index < -0.39 is 18.2 Å². The Morgan fingerprint density at radius 2 is 2.10 bits per heavy atom. The second-order valence-corrected chi connectivity index (χ2v) is 4.74. The van der Waals surface area contributed by atoms with Gasteiger partial charge in [-0.25, -0.2) is 4.79 Å². The smallest absolute Gasteiger partial charge is 0.352 e. The Morgan fingerprint density at radius 1 is 1.35 bits per heavy atom. The number of carboxylic acids is 1. The van der Waals surface area contributed by atoms with Crippen molar-refractivity contribution in [1.82, 2.24) is 10.3 Å². The topological polar surface area (TPSA) is 106 Å². The summed E-state index contributed by atoms with van der Waals surface area (Å²) < 4.78 is 0. The molecular formula is C14H18N2O4. The van der Waals surface area contributed by atoms with Crippen molar-refractivity contribution in [3.05, 3.63) is 35.5 Å². The second-order valence-electron chi connectivity index (χ2n) is 4.74. The van der Waals surface area contributed by atoms with Crippen molar-refractivity contribution in [3.8, 4) is 0 Å². The molecule has 1 aromatic heterocycles. The van der Waals surface area contributed by atoms with Crippen LogP contribution in [0.3, 0.4) is 0 Å². The monoisotopic (exact) mass is 278 g/mol. The van der Waals surface area contributed by atoms with Crippen molar-refractivity contribution in [2.45, 2.75) is 18.6 Å². The van der Waals surface area contributed by atoms with E-state index in [-0.39, 0.29) is 5.69 Å². The molecule has 1 heterocycles. The van der Waals surface area contributed by atoms with E-state index in [1.165, 1.54) is 6.07 Å². The van der Waals surface area contributed by atoms with Crippen molar-refractivity contribution in [1.29, 1.82) is 0 Å². The Balaban J connectivity index is 2.24. The standard InChI is InChI=1S/C14H18N2O4/c1-15-5-4-12(17)13(18)9-3-2-8-6-11(14(19)20)16-10(8)7-9/h2-3,6-7,12-13,15-18H,4-5H2,1H3,(H,19,20). The molecule has 0 spiro atoms. The number of nitrogens with one attached hydrogen (secondary N) is 2. The van der Waals surface area contributed by atoms with Crippen LogP contribution in [0.4, 0.5) is 0 Å². The Kier molecular flexibility index (Phi) is 4.39. The zero-order chi connectivity index (χ0) is 14.7. The minimum absolute atomic E-state index is 0.0994. The summed E-state index contributed by atoms with van der Waals surface area (Å²) in [6.07, 6.45) is -1.43. The van der Waals surface area contributed by atoms with E-state index in [4.69, 9.17) is 5.11 Å². The van der Waals surface area contributed by atoms with Crippen LogP contribution in [0.25, 0.3) is 10.9 Å². The number of carbonyl (C=O) groups is 1. The molecule has 20 heavy (non-hydrogen) atoms. The van der Waals surface area contributed by atoms with Crippen molar-refractivity contribution in [2.24, 2.45) is 0 Å².